The number of rotatable bonds is 3. The molecule has 1 amide bonds. The lowest BCUT2D eigenvalue weighted by molar-refractivity contribution is 0.0988. The van der Waals surface area contributed by atoms with Crippen LogP contribution in [-0.4, -0.2) is 12.5 Å². The first-order valence-electron chi connectivity index (χ1n) is 6.77. The van der Waals surface area contributed by atoms with E-state index in [0.717, 1.165) is 23.3 Å². The second-order valence-electron chi connectivity index (χ2n) is 5.02. The van der Waals surface area contributed by atoms with E-state index in [1.165, 1.54) is 11.0 Å². The topological polar surface area (TPSA) is 20.3 Å². The summed E-state index contributed by atoms with van der Waals surface area (Å²) in [5.41, 5.74) is 2.86. The summed E-state index contributed by atoms with van der Waals surface area (Å²) in [5, 5.41) is 0. The standard InChI is InChI=1S/C17H17F2NO/c1-4-20(14-5-6-15(18)16(19)10-14)17(21)13-8-11(2)7-12(3)9-13/h5-10H,4H2,1-3H3. The van der Waals surface area contributed by atoms with Crippen LogP contribution in [0.25, 0.3) is 0 Å². The second-order valence-corrected chi connectivity index (χ2v) is 5.02. The minimum atomic E-state index is -0.959. The molecule has 2 nitrogen and oxygen atoms in total. The van der Waals surface area contributed by atoms with Crippen molar-refractivity contribution in [3.05, 3.63) is 64.7 Å². The summed E-state index contributed by atoms with van der Waals surface area (Å²) in [6, 6.07) is 9.03. The van der Waals surface area contributed by atoms with Crippen LogP contribution < -0.4 is 4.90 Å². The van der Waals surface area contributed by atoms with Gasteiger partial charge in [0.15, 0.2) is 11.6 Å². The molecule has 0 fully saturated rings. The third-order valence-electron chi connectivity index (χ3n) is 3.24. The molecule has 0 saturated heterocycles. The first-order chi connectivity index (χ1) is 9.92. The number of carbonyl (C=O) groups is 1. The predicted octanol–water partition coefficient (Wildman–Crippen LogP) is 4.25. The number of hydrogen-bond donors (Lipinski definition) is 0. The average Bonchev–Trinajstić information content (AvgIpc) is 2.42. The number of anilines is 1. The molecule has 0 N–H and O–H groups in total. The fraction of sp³-hybridized carbons (Fsp3) is 0.235. The highest BCUT2D eigenvalue weighted by molar-refractivity contribution is 6.06. The lowest BCUT2D eigenvalue weighted by Crippen LogP contribution is -2.30. The zero-order valence-corrected chi connectivity index (χ0v) is 12.3. The highest BCUT2D eigenvalue weighted by Crippen LogP contribution is 2.21. The second kappa shape index (κ2) is 6.04. The van der Waals surface area contributed by atoms with Crippen LogP contribution in [0.3, 0.4) is 0 Å². The Morgan fingerprint density at radius 1 is 1.00 bits per heavy atom. The monoisotopic (exact) mass is 289 g/mol. The van der Waals surface area contributed by atoms with E-state index >= 15 is 0 Å². The molecule has 0 radical (unpaired) electrons. The van der Waals surface area contributed by atoms with Gasteiger partial charge >= 0.3 is 0 Å². The van der Waals surface area contributed by atoms with Crippen molar-refractivity contribution in [3.63, 3.8) is 0 Å². The average molecular weight is 289 g/mol. The molecule has 0 aromatic heterocycles. The van der Waals surface area contributed by atoms with Crippen LogP contribution in [0, 0.1) is 25.5 Å². The van der Waals surface area contributed by atoms with Crippen molar-refractivity contribution in [1.29, 1.82) is 0 Å². The molecule has 0 aliphatic carbocycles. The Labute approximate surface area is 123 Å². The van der Waals surface area contributed by atoms with E-state index in [0.29, 0.717) is 17.8 Å². The van der Waals surface area contributed by atoms with Crippen molar-refractivity contribution in [3.8, 4) is 0 Å². The van der Waals surface area contributed by atoms with Crippen molar-refractivity contribution in [2.24, 2.45) is 0 Å². The van der Waals surface area contributed by atoms with E-state index < -0.39 is 11.6 Å². The minimum absolute atomic E-state index is 0.227. The van der Waals surface area contributed by atoms with Crippen LogP contribution in [0.5, 0.6) is 0 Å². The number of hydrogen-bond acceptors (Lipinski definition) is 1. The van der Waals surface area contributed by atoms with Crippen molar-refractivity contribution >= 4 is 11.6 Å². The van der Waals surface area contributed by atoms with Gasteiger partial charge in [0, 0.05) is 23.9 Å². The molecule has 2 rings (SSSR count). The summed E-state index contributed by atoms with van der Waals surface area (Å²) >= 11 is 0. The SMILES string of the molecule is CCN(C(=O)c1cc(C)cc(C)c1)c1ccc(F)c(F)c1. The molecule has 110 valence electrons. The molecule has 0 bridgehead atoms. The third-order valence-corrected chi connectivity index (χ3v) is 3.24. The van der Waals surface area contributed by atoms with Crippen LogP contribution in [0.15, 0.2) is 36.4 Å². The summed E-state index contributed by atoms with van der Waals surface area (Å²) in [5.74, 6) is -2.11. The lowest BCUT2D eigenvalue weighted by Gasteiger charge is -2.21. The Morgan fingerprint density at radius 3 is 2.14 bits per heavy atom. The van der Waals surface area contributed by atoms with Gasteiger partial charge in [-0.1, -0.05) is 17.2 Å². The van der Waals surface area contributed by atoms with Gasteiger partial charge in [-0.05, 0) is 45.0 Å². The maximum Gasteiger partial charge on any atom is 0.258 e. The molecule has 0 spiro atoms. The van der Waals surface area contributed by atoms with Gasteiger partial charge in [-0.3, -0.25) is 4.79 Å². The van der Waals surface area contributed by atoms with Gasteiger partial charge in [-0.2, -0.15) is 0 Å². The summed E-state index contributed by atoms with van der Waals surface area (Å²) in [7, 11) is 0. The normalized spacial score (nSPS) is 10.5. The molecule has 0 aliphatic rings. The van der Waals surface area contributed by atoms with E-state index in [9.17, 15) is 13.6 Å². The molecule has 0 aliphatic heterocycles. The number of nitrogens with zero attached hydrogens (tertiary/aromatic N) is 1. The smallest absolute Gasteiger partial charge is 0.258 e. The van der Waals surface area contributed by atoms with Gasteiger partial charge < -0.3 is 4.90 Å². The maximum absolute atomic E-state index is 13.4. The van der Waals surface area contributed by atoms with Gasteiger partial charge in [-0.25, -0.2) is 8.78 Å². The zero-order valence-electron chi connectivity index (χ0n) is 12.3. The molecular formula is C17H17F2NO. The van der Waals surface area contributed by atoms with Crippen molar-refractivity contribution < 1.29 is 13.6 Å². The molecule has 0 heterocycles. The zero-order chi connectivity index (χ0) is 15.6. The van der Waals surface area contributed by atoms with Crippen molar-refractivity contribution in [2.45, 2.75) is 20.8 Å². The molecule has 21 heavy (non-hydrogen) atoms. The molecule has 0 saturated carbocycles. The van der Waals surface area contributed by atoms with Crippen LogP contribution in [0.4, 0.5) is 14.5 Å². The van der Waals surface area contributed by atoms with E-state index in [-0.39, 0.29) is 5.91 Å². The van der Waals surface area contributed by atoms with Crippen LogP contribution in [-0.2, 0) is 0 Å². The van der Waals surface area contributed by atoms with Crippen LogP contribution in [0.1, 0.15) is 28.4 Å². The molecular weight excluding hydrogens is 272 g/mol. The number of amides is 1. The predicted molar refractivity (Wildman–Crippen MR) is 79.6 cm³/mol. The number of benzene rings is 2. The van der Waals surface area contributed by atoms with Crippen LogP contribution >= 0.6 is 0 Å². The van der Waals surface area contributed by atoms with Gasteiger partial charge in [-0.15, -0.1) is 0 Å². The number of halogens is 2. The fourth-order valence-corrected chi connectivity index (χ4v) is 2.35. The summed E-state index contributed by atoms with van der Waals surface area (Å²) in [6.07, 6.45) is 0. The molecule has 2 aromatic carbocycles. The van der Waals surface area contributed by atoms with Crippen molar-refractivity contribution in [1.82, 2.24) is 0 Å². The van der Waals surface area contributed by atoms with Crippen LogP contribution in [0.2, 0.25) is 0 Å². The number of aryl methyl sites for hydroxylation is 2. The Morgan fingerprint density at radius 2 is 1.62 bits per heavy atom. The Kier molecular flexibility index (Phi) is 4.36. The van der Waals surface area contributed by atoms with Gasteiger partial charge in [0.25, 0.3) is 5.91 Å². The fourth-order valence-electron chi connectivity index (χ4n) is 2.35. The summed E-state index contributed by atoms with van der Waals surface area (Å²) < 4.78 is 26.4. The Balaban J connectivity index is 2.40. The summed E-state index contributed by atoms with van der Waals surface area (Å²) in [4.78, 5) is 14.0. The van der Waals surface area contributed by atoms with E-state index in [4.69, 9.17) is 0 Å². The third kappa shape index (κ3) is 3.27. The van der Waals surface area contributed by atoms with Gasteiger partial charge in [0.05, 0.1) is 0 Å². The Hall–Kier alpha value is -2.23. The maximum atomic E-state index is 13.4. The van der Waals surface area contributed by atoms with Gasteiger partial charge in [0.2, 0.25) is 0 Å². The van der Waals surface area contributed by atoms with Gasteiger partial charge in [0.1, 0.15) is 0 Å². The quantitative estimate of drug-likeness (QED) is 0.827. The van der Waals surface area contributed by atoms with E-state index in [1.807, 2.05) is 19.9 Å². The molecule has 0 unspecified atom stereocenters. The van der Waals surface area contributed by atoms with E-state index in [2.05, 4.69) is 0 Å². The lowest BCUT2D eigenvalue weighted by atomic mass is 10.1. The molecule has 4 heteroatoms. The van der Waals surface area contributed by atoms with E-state index in [1.54, 1.807) is 19.1 Å². The first-order valence-corrected chi connectivity index (χ1v) is 6.77. The number of carbonyl (C=O) groups excluding carboxylic acids is 1. The minimum Gasteiger partial charge on any atom is -0.309 e. The molecule has 2 aromatic rings. The largest absolute Gasteiger partial charge is 0.309 e. The first kappa shape index (κ1) is 15.2. The Bertz CT molecular complexity index is 662. The summed E-state index contributed by atoms with van der Waals surface area (Å²) in [6.45, 7) is 5.99. The highest BCUT2D eigenvalue weighted by Gasteiger charge is 2.18. The van der Waals surface area contributed by atoms with Crippen molar-refractivity contribution in [2.75, 3.05) is 11.4 Å². The molecule has 0 atom stereocenters. The highest BCUT2D eigenvalue weighted by atomic mass is 19.2.